The van der Waals surface area contributed by atoms with E-state index in [0.717, 1.165) is 12.0 Å². The number of carbonyl (C=O) groups excluding carboxylic acids is 1. The van der Waals surface area contributed by atoms with E-state index in [1.54, 1.807) is 0 Å². The lowest BCUT2D eigenvalue weighted by atomic mass is 9.78. The molecule has 14 heavy (non-hydrogen) atoms. The van der Waals surface area contributed by atoms with Crippen molar-refractivity contribution >= 4 is 5.91 Å². The van der Waals surface area contributed by atoms with Crippen molar-refractivity contribution in [1.82, 2.24) is 0 Å². The zero-order valence-electron chi connectivity index (χ0n) is 7.99. The highest BCUT2D eigenvalue weighted by molar-refractivity contribution is 5.85. The molecule has 0 radical (unpaired) electrons. The molecule has 0 fully saturated rings. The van der Waals surface area contributed by atoms with Gasteiger partial charge in [-0.05, 0) is 30.4 Å². The summed E-state index contributed by atoms with van der Waals surface area (Å²) in [5.74, 6) is -0.396. The average Bonchev–Trinajstić information content (AvgIpc) is 2.17. The third-order valence-corrected chi connectivity index (χ3v) is 2.96. The van der Waals surface area contributed by atoms with Gasteiger partial charge in [-0.2, -0.15) is 0 Å². The van der Waals surface area contributed by atoms with Gasteiger partial charge in [-0.15, -0.1) is 0 Å². The topological polar surface area (TPSA) is 69.1 Å². The summed E-state index contributed by atoms with van der Waals surface area (Å²) < 4.78 is 0. The van der Waals surface area contributed by atoms with Crippen LogP contribution in [0.3, 0.4) is 0 Å². The van der Waals surface area contributed by atoms with Crippen LogP contribution in [0.5, 0.6) is 0 Å². The van der Waals surface area contributed by atoms with Crippen LogP contribution in [-0.2, 0) is 17.6 Å². The van der Waals surface area contributed by atoms with Crippen LogP contribution in [0.15, 0.2) is 24.3 Å². The molecule has 0 aliphatic heterocycles. The Morgan fingerprint density at radius 3 is 2.57 bits per heavy atom. The number of benzene rings is 1. The second kappa shape index (κ2) is 3.10. The fourth-order valence-corrected chi connectivity index (χ4v) is 1.97. The van der Waals surface area contributed by atoms with Crippen LogP contribution >= 0.6 is 0 Å². The minimum atomic E-state index is -0.839. The van der Waals surface area contributed by atoms with Crippen molar-refractivity contribution in [2.75, 3.05) is 0 Å². The zero-order valence-corrected chi connectivity index (χ0v) is 7.99. The summed E-state index contributed by atoms with van der Waals surface area (Å²) in [5, 5.41) is 0. The zero-order chi connectivity index (χ0) is 10.2. The predicted octanol–water partition coefficient (Wildman–Crippen LogP) is 0.358. The summed E-state index contributed by atoms with van der Waals surface area (Å²) in [4.78, 5) is 11.2. The van der Waals surface area contributed by atoms with Gasteiger partial charge in [-0.1, -0.05) is 24.3 Å². The first kappa shape index (κ1) is 9.21. The van der Waals surface area contributed by atoms with Gasteiger partial charge in [0.05, 0.1) is 5.54 Å². The lowest BCUT2D eigenvalue weighted by Crippen LogP contribution is -2.55. The highest BCUT2D eigenvalue weighted by Gasteiger charge is 2.35. The second-order valence-corrected chi connectivity index (χ2v) is 3.97. The Morgan fingerprint density at radius 2 is 1.93 bits per heavy atom. The highest BCUT2D eigenvalue weighted by atomic mass is 16.1. The Bertz CT molecular complexity index is 375. The Kier molecular flexibility index (Phi) is 2.04. The Hall–Kier alpha value is -1.35. The first-order valence-electron chi connectivity index (χ1n) is 4.77. The van der Waals surface area contributed by atoms with Gasteiger partial charge in [0.1, 0.15) is 0 Å². The van der Waals surface area contributed by atoms with Gasteiger partial charge >= 0.3 is 0 Å². The van der Waals surface area contributed by atoms with Crippen molar-refractivity contribution in [3.05, 3.63) is 35.4 Å². The van der Waals surface area contributed by atoms with Crippen molar-refractivity contribution in [2.45, 2.75) is 24.8 Å². The van der Waals surface area contributed by atoms with Gasteiger partial charge in [0, 0.05) is 0 Å². The van der Waals surface area contributed by atoms with Crippen LogP contribution in [0.25, 0.3) is 0 Å². The maximum atomic E-state index is 11.2. The van der Waals surface area contributed by atoms with Gasteiger partial charge in [0.15, 0.2) is 0 Å². The molecule has 74 valence electrons. The van der Waals surface area contributed by atoms with Crippen LogP contribution < -0.4 is 11.5 Å². The van der Waals surface area contributed by atoms with Crippen molar-refractivity contribution in [3.8, 4) is 0 Å². The first-order chi connectivity index (χ1) is 6.62. The minimum Gasteiger partial charge on any atom is -0.368 e. The molecule has 1 aromatic carbocycles. The van der Waals surface area contributed by atoms with Crippen LogP contribution in [0.1, 0.15) is 17.5 Å². The van der Waals surface area contributed by atoms with Crippen molar-refractivity contribution in [2.24, 2.45) is 11.5 Å². The van der Waals surface area contributed by atoms with E-state index in [9.17, 15) is 4.79 Å². The van der Waals surface area contributed by atoms with Gasteiger partial charge in [0.25, 0.3) is 0 Å². The normalized spacial score (nSPS) is 25.5. The number of aryl methyl sites for hydroxylation is 1. The molecular formula is C11H14N2O. The molecule has 0 heterocycles. The summed E-state index contributed by atoms with van der Waals surface area (Å²) in [7, 11) is 0. The largest absolute Gasteiger partial charge is 0.368 e. The SMILES string of the molecule is NC(=O)C1(N)CCc2ccccc2C1. The maximum Gasteiger partial charge on any atom is 0.237 e. The monoisotopic (exact) mass is 190 g/mol. The van der Waals surface area contributed by atoms with E-state index < -0.39 is 11.4 Å². The number of carbonyl (C=O) groups is 1. The molecule has 1 atom stereocenters. The fourth-order valence-electron chi connectivity index (χ4n) is 1.97. The number of hydrogen-bond donors (Lipinski definition) is 2. The quantitative estimate of drug-likeness (QED) is 0.671. The van der Waals surface area contributed by atoms with E-state index in [-0.39, 0.29) is 0 Å². The number of primary amides is 1. The van der Waals surface area contributed by atoms with Gasteiger partial charge in [0.2, 0.25) is 5.91 Å². The lowest BCUT2D eigenvalue weighted by Gasteiger charge is -2.31. The van der Waals surface area contributed by atoms with Crippen LogP contribution in [0, 0.1) is 0 Å². The molecule has 0 saturated carbocycles. The minimum absolute atomic E-state index is 0.396. The molecule has 3 heteroatoms. The molecule has 1 aromatic rings. The van der Waals surface area contributed by atoms with Crippen LogP contribution in [0.4, 0.5) is 0 Å². The summed E-state index contributed by atoms with van der Waals surface area (Å²) in [5.41, 5.74) is 12.8. The molecule has 4 N–H and O–H groups in total. The van der Waals surface area contributed by atoms with Gasteiger partial charge in [-0.25, -0.2) is 0 Å². The third kappa shape index (κ3) is 1.40. The highest BCUT2D eigenvalue weighted by Crippen LogP contribution is 2.26. The number of nitrogens with two attached hydrogens (primary N) is 2. The summed E-state index contributed by atoms with van der Waals surface area (Å²) >= 11 is 0. The first-order valence-corrected chi connectivity index (χ1v) is 4.77. The van der Waals surface area contributed by atoms with E-state index in [1.807, 2.05) is 18.2 Å². The van der Waals surface area contributed by atoms with Crippen molar-refractivity contribution < 1.29 is 4.79 Å². The molecule has 1 unspecified atom stereocenters. The maximum absolute atomic E-state index is 11.2. The van der Waals surface area contributed by atoms with Crippen molar-refractivity contribution in [1.29, 1.82) is 0 Å². The van der Waals surface area contributed by atoms with Crippen LogP contribution in [0.2, 0.25) is 0 Å². The van der Waals surface area contributed by atoms with E-state index in [4.69, 9.17) is 11.5 Å². The average molecular weight is 190 g/mol. The molecule has 1 amide bonds. The molecular weight excluding hydrogens is 176 g/mol. The Labute approximate surface area is 83.1 Å². The number of amides is 1. The molecule has 0 bridgehead atoms. The standard InChI is InChI=1S/C11H14N2O/c12-10(14)11(13)6-5-8-3-1-2-4-9(8)7-11/h1-4H,5-7,13H2,(H2,12,14). The number of hydrogen-bond acceptors (Lipinski definition) is 2. The smallest absolute Gasteiger partial charge is 0.237 e. The predicted molar refractivity (Wildman–Crippen MR) is 54.6 cm³/mol. The number of rotatable bonds is 1. The Balaban J connectivity index is 2.34. The fraction of sp³-hybridized carbons (Fsp3) is 0.364. The summed E-state index contributed by atoms with van der Waals surface area (Å²) in [6.45, 7) is 0. The molecule has 0 aromatic heterocycles. The molecule has 2 rings (SSSR count). The van der Waals surface area contributed by atoms with Gasteiger partial charge in [-0.3, -0.25) is 4.79 Å². The molecule has 1 aliphatic rings. The van der Waals surface area contributed by atoms with E-state index >= 15 is 0 Å². The molecule has 0 spiro atoms. The van der Waals surface area contributed by atoms with Crippen LogP contribution in [-0.4, -0.2) is 11.4 Å². The summed E-state index contributed by atoms with van der Waals surface area (Å²) in [6.07, 6.45) is 2.06. The molecule has 0 saturated heterocycles. The van der Waals surface area contributed by atoms with E-state index in [1.165, 1.54) is 5.56 Å². The molecule has 1 aliphatic carbocycles. The third-order valence-electron chi connectivity index (χ3n) is 2.96. The Morgan fingerprint density at radius 1 is 1.29 bits per heavy atom. The summed E-state index contributed by atoms with van der Waals surface area (Å²) in [6, 6.07) is 8.06. The van der Waals surface area contributed by atoms with Gasteiger partial charge < -0.3 is 11.5 Å². The van der Waals surface area contributed by atoms with Crippen molar-refractivity contribution in [3.63, 3.8) is 0 Å². The molecule has 3 nitrogen and oxygen atoms in total. The number of fused-ring (bicyclic) bond motifs is 1. The lowest BCUT2D eigenvalue weighted by molar-refractivity contribution is -0.123. The van der Waals surface area contributed by atoms with E-state index in [0.29, 0.717) is 12.8 Å². The van der Waals surface area contributed by atoms with E-state index in [2.05, 4.69) is 6.07 Å². The second-order valence-electron chi connectivity index (χ2n) is 3.97.